The second-order valence-electron chi connectivity index (χ2n) is 5.31. The molecule has 2 N–H and O–H groups in total. The van der Waals surface area contributed by atoms with Gasteiger partial charge in [0.15, 0.2) is 0 Å². The molecule has 0 unspecified atom stereocenters. The van der Waals surface area contributed by atoms with Gasteiger partial charge in [-0.1, -0.05) is 12.1 Å². The minimum Gasteiger partial charge on any atom is -0.350 e. The van der Waals surface area contributed by atoms with E-state index in [9.17, 15) is 9.59 Å². The fourth-order valence-corrected chi connectivity index (χ4v) is 2.36. The van der Waals surface area contributed by atoms with E-state index < -0.39 is 0 Å². The van der Waals surface area contributed by atoms with Crippen LogP contribution in [0.25, 0.3) is 10.9 Å². The van der Waals surface area contributed by atoms with Gasteiger partial charge in [0.2, 0.25) is 0 Å². The first-order chi connectivity index (χ1) is 11.1. The Kier molecular flexibility index (Phi) is 4.14. The first kappa shape index (κ1) is 14.9. The highest BCUT2D eigenvalue weighted by Gasteiger charge is 2.07. The molecule has 0 saturated carbocycles. The van der Waals surface area contributed by atoms with Crippen LogP contribution in [0.3, 0.4) is 0 Å². The lowest BCUT2D eigenvalue weighted by Gasteiger charge is -2.06. The lowest BCUT2D eigenvalue weighted by atomic mass is 10.1. The molecule has 2 aromatic heterocycles. The number of carbonyl (C=O) groups excluding carboxylic acids is 1. The van der Waals surface area contributed by atoms with E-state index in [0.717, 1.165) is 16.5 Å². The second-order valence-corrected chi connectivity index (χ2v) is 5.31. The normalized spacial score (nSPS) is 10.7. The van der Waals surface area contributed by atoms with Gasteiger partial charge in [0.25, 0.3) is 11.5 Å². The molecule has 0 aliphatic heterocycles. The summed E-state index contributed by atoms with van der Waals surface area (Å²) in [6.07, 6.45) is 4.82. The molecule has 0 spiro atoms. The third kappa shape index (κ3) is 3.42. The van der Waals surface area contributed by atoms with Gasteiger partial charge < -0.3 is 10.3 Å². The van der Waals surface area contributed by atoms with Crippen LogP contribution in [-0.2, 0) is 6.42 Å². The lowest BCUT2D eigenvalue weighted by molar-refractivity contribution is 0.0948. The fraction of sp³-hybridized carbons (Fsp3) is 0.176. The van der Waals surface area contributed by atoms with Gasteiger partial charge in [0.05, 0.1) is 6.20 Å². The van der Waals surface area contributed by atoms with Crippen molar-refractivity contribution in [2.45, 2.75) is 13.3 Å². The molecule has 6 nitrogen and oxygen atoms in total. The summed E-state index contributed by atoms with van der Waals surface area (Å²) < 4.78 is 0. The number of benzene rings is 1. The number of carbonyl (C=O) groups is 1. The molecule has 0 aliphatic carbocycles. The number of H-pyrrole nitrogens is 1. The number of nitrogens with zero attached hydrogens (tertiary/aromatic N) is 2. The first-order valence-corrected chi connectivity index (χ1v) is 7.30. The summed E-state index contributed by atoms with van der Waals surface area (Å²) in [4.78, 5) is 34.6. The van der Waals surface area contributed by atoms with Crippen LogP contribution in [0.15, 0.2) is 47.7 Å². The standard InChI is InChI=1S/C17H16N4O2/c1-11-2-3-12-9-13(16(22)21-14(12)8-11)4-5-20-17(23)15-10-18-6-7-19-15/h2-3,6-10H,4-5H2,1H3,(H,20,23)(H,21,22). The van der Waals surface area contributed by atoms with E-state index in [-0.39, 0.29) is 17.2 Å². The smallest absolute Gasteiger partial charge is 0.271 e. The zero-order valence-corrected chi connectivity index (χ0v) is 12.7. The maximum Gasteiger partial charge on any atom is 0.271 e. The molecule has 3 aromatic rings. The molecular formula is C17H16N4O2. The van der Waals surface area contributed by atoms with Crippen LogP contribution < -0.4 is 10.9 Å². The number of aromatic nitrogens is 3. The molecule has 116 valence electrons. The molecule has 1 aromatic carbocycles. The molecule has 3 rings (SSSR count). The SMILES string of the molecule is Cc1ccc2cc(CCNC(=O)c3cnccn3)c(=O)[nH]c2c1. The van der Waals surface area contributed by atoms with Crippen molar-refractivity contribution in [3.05, 3.63) is 70.0 Å². The van der Waals surface area contributed by atoms with Gasteiger partial charge in [0, 0.05) is 30.0 Å². The number of aryl methyl sites for hydroxylation is 1. The Hall–Kier alpha value is -3.02. The number of rotatable bonds is 4. The number of hydrogen-bond donors (Lipinski definition) is 2. The highest BCUT2D eigenvalue weighted by atomic mass is 16.2. The van der Waals surface area contributed by atoms with Crippen molar-refractivity contribution in [2.75, 3.05) is 6.54 Å². The fourth-order valence-electron chi connectivity index (χ4n) is 2.36. The summed E-state index contributed by atoms with van der Waals surface area (Å²) in [6.45, 7) is 2.34. The molecule has 0 atom stereocenters. The van der Waals surface area contributed by atoms with Gasteiger partial charge >= 0.3 is 0 Å². The van der Waals surface area contributed by atoms with Crippen molar-refractivity contribution in [1.82, 2.24) is 20.3 Å². The van der Waals surface area contributed by atoms with Crippen molar-refractivity contribution in [1.29, 1.82) is 0 Å². The van der Waals surface area contributed by atoms with E-state index >= 15 is 0 Å². The maximum atomic E-state index is 12.1. The van der Waals surface area contributed by atoms with Crippen molar-refractivity contribution >= 4 is 16.8 Å². The molecule has 0 fully saturated rings. The van der Waals surface area contributed by atoms with Crippen LogP contribution in [0.5, 0.6) is 0 Å². The predicted octanol–water partition coefficient (Wildman–Crippen LogP) is 1.60. The van der Waals surface area contributed by atoms with Crippen molar-refractivity contribution in [3.8, 4) is 0 Å². The molecule has 0 saturated heterocycles. The highest BCUT2D eigenvalue weighted by molar-refractivity contribution is 5.91. The summed E-state index contributed by atoms with van der Waals surface area (Å²) >= 11 is 0. The van der Waals surface area contributed by atoms with E-state index in [1.807, 2.05) is 31.2 Å². The van der Waals surface area contributed by atoms with Gasteiger partial charge in [-0.15, -0.1) is 0 Å². The van der Waals surface area contributed by atoms with Crippen LogP contribution >= 0.6 is 0 Å². The zero-order valence-electron chi connectivity index (χ0n) is 12.7. The summed E-state index contributed by atoms with van der Waals surface area (Å²) in [5.41, 5.74) is 2.69. The van der Waals surface area contributed by atoms with Gasteiger partial charge in [-0.25, -0.2) is 4.98 Å². The monoisotopic (exact) mass is 308 g/mol. The number of nitrogens with one attached hydrogen (secondary N) is 2. The Bertz CT molecular complexity index is 903. The maximum absolute atomic E-state index is 12.1. The third-order valence-electron chi connectivity index (χ3n) is 3.55. The Balaban J connectivity index is 1.70. The Morgan fingerprint density at radius 3 is 2.91 bits per heavy atom. The van der Waals surface area contributed by atoms with Crippen LogP contribution in [0.2, 0.25) is 0 Å². The average Bonchev–Trinajstić information content (AvgIpc) is 2.56. The molecule has 0 bridgehead atoms. The van der Waals surface area contributed by atoms with E-state index in [4.69, 9.17) is 0 Å². The minimum absolute atomic E-state index is 0.128. The van der Waals surface area contributed by atoms with E-state index in [1.165, 1.54) is 18.6 Å². The molecular weight excluding hydrogens is 292 g/mol. The Morgan fingerprint density at radius 1 is 1.26 bits per heavy atom. The van der Waals surface area contributed by atoms with Crippen molar-refractivity contribution in [3.63, 3.8) is 0 Å². The number of fused-ring (bicyclic) bond motifs is 1. The van der Waals surface area contributed by atoms with E-state index in [0.29, 0.717) is 18.5 Å². The Morgan fingerprint density at radius 2 is 2.13 bits per heavy atom. The first-order valence-electron chi connectivity index (χ1n) is 7.30. The summed E-state index contributed by atoms with van der Waals surface area (Å²) in [6, 6.07) is 7.78. The van der Waals surface area contributed by atoms with E-state index in [2.05, 4.69) is 20.3 Å². The van der Waals surface area contributed by atoms with Crippen LogP contribution in [0.4, 0.5) is 0 Å². The van der Waals surface area contributed by atoms with Crippen LogP contribution in [0, 0.1) is 6.92 Å². The molecule has 0 aliphatic rings. The van der Waals surface area contributed by atoms with E-state index in [1.54, 1.807) is 0 Å². The summed E-state index contributed by atoms with van der Waals surface area (Å²) in [7, 11) is 0. The second kappa shape index (κ2) is 6.39. The number of hydrogen-bond acceptors (Lipinski definition) is 4. The summed E-state index contributed by atoms with van der Waals surface area (Å²) in [5.74, 6) is -0.300. The number of pyridine rings is 1. The van der Waals surface area contributed by atoms with Crippen LogP contribution in [-0.4, -0.2) is 27.4 Å². The molecule has 1 amide bonds. The largest absolute Gasteiger partial charge is 0.350 e. The molecule has 0 radical (unpaired) electrons. The van der Waals surface area contributed by atoms with Crippen molar-refractivity contribution < 1.29 is 4.79 Å². The Labute approximate surface area is 132 Å². The van der Waals surface area contributed by atoms with Crippen molar-refractivity contribution in [2.24, 2.45) is 0 Å². The minimum atomic E-state index is -0.300. The number of aromatic amines is 1. The molecule has 2 heterocycles. The molecule has 23 heavy (non-hydrogen) atoms. The highest BCUT2D eigenvalue weighted by Crippen LogP contribution is 2.13. The third-order valence-corrected chi connectivity index (χ3v) is 3.55. The predicted molar refractivity (Wildman–Crippen MR) is 87.4 cm³/mol. The van der Waals surface area contributed by atoms with Crippen LogP contribution in [0.1, 0.15) is 21.6 Å². The van der Waals surface area contributed by atoms with Gasteiger partial charge in [-0.3, -0.25) is 14.6 Å². The lowest BCUT2D eigenvalue weighted by Crippen LogP contribution is -2.28. The van der Waals surface area contributed by atoms with Gasteiger partial charge in [-0.05, 0) is 36.4 Å². The van der Waals surface area contributed by atoms with Gasteiger partial charge in [0.1, 0.15) is 5.69 Å². The number of amides is 1. The average molecular weight is 308 g/mol. The zero-order chi connectivity index (χ0) is 16.2. The topological polar surface area (TPSA) is 87.7 Å². The van der Waals surface area contributed by atoms with Gasteiger partial charge in [-0.2, -0.15) is 0 Å². The summed E-state index contributed by atoms with van der Waals surface area (Å²) in [5, 5.41) is 3.71. The quantitative estimate of drug-likeness (QED) is 0.766. The molecule has 6 heteroatoms.